The standard InChI is InChI=1S/C12H14BrN3O2/c13-9-3-1-8(2-4-9)7-11-15-12(18-16-11)10(17)5-6-14/h1-4,10,17H,5-7,14H2. The average Bonchev–Trinajstić information content (AvgIpc) is 2.81. The van der Waals surface area contributed by atoms with Gasteiger partial charge in [0.05, 0.1) is 0 Å². The summed E-state index contributed by atoms with van der Waals surface area (Å²) in [6, 6.07) is 7.88. The first-order chi connectivity index (χ1) is 8.69. The van der Waals surface area contributed by atoms with Crippen LogP contribution in [0.25, 0.3) is 0 Å². The van der Waals surface area contributed by atoms with Crippen LogP contribution in [0.3, 0.4) is 0 Å². The quantitative estimate of drug-likeness (QED) is 0.879. The number of nitrogens with zero attached hydrogens (tertiary/aromatic N) is 2. The van der Waals surface area contributed by atoms with Gasteiger partial charge in [-0.2, -0.15) is 4.98 Å². The van der Waals surface area contributed by atoms with Gasteiger partial charge in [-0.3, -0.25) is 0 Å². The number of nitrogens with two attached hydrogens (primary N) is 1. The summed E-state index contributed by atoms with van der Waals surface area (Å²) in [7, 11) is 0. The van der Waals surface area contributed by atoms with Crippen LogP contribution in [0.4, 0.5) is 0 Å². The van der Waals surface area contributed by atoms with E-state index < -0.39 is 6.10 Å². The zero-order valence-corrected chi connectivity index (χ0v) is 11.3. The first-order valence-electron chi connectivity index (χ1n) is 5.64. The van der Waals surface area contributed by atoms with Crippen molar-refractivity contribution in [1.29, 1.82) is 0 Å². The molecule has 1 aromatic heterocycles. The van der Waals surface area contributed by atoms with Crippen molar-refractivity contribution in [3.63, 3.8) is 0 Å². The zero-order valence-electron chi connectivity index (χ0n) is 9.71. The van der Waals surface area contributed by atoms with Gasteiger partial charge in [0.15, 0.2) is 5.82 Å². The van der Waals surface area contributed by atoms with Crippen LogP contribution in [0, 0.1) is 0 Å². The van der Waals surface area contributed by atoms with Crippen molar-refractivity contribution < 1.29 is 9.63 Å². The molecule has 18 heavy (non-hydrogen) atoms. The molecule has 0 radical (unpaired) electrons. The highest BCUT2D eigenvalue weighted by Gasteiger charge is 2.15. The van der Waals surface area contributed by atoms with Crippen LogP contribution in [0.15, 0.2) is 33.3 Å². The largest absolute Gasteiger partial charge is 0.383 e. The second-order valence-corrected chi connectivity index (χ2v) is 4.86. The number of hydrogen-bond acceptors (Lipinski definition) is 5. The van der Waals surface area contributed by atoms with E-state index in [2.05, 4.69) is 26.1 Å². The summed E-state index contributed by atoms with van der Waals surface area (Å²) in [5.41, 5.74) is 6.44. The number of aliphatic hydroxyl groups excluding tert-OH is 1. The Kier molecular flexibility index (Phi) is 4.46. The van der Waals surface area contributed by atoms with Crippen LogP contribution in [-0.4, -0.2) is 21.8 Å². The van der Waals surface area contributed by atoms with Crippen molar-refractivity contribution in [1.82, 2.24) is 10.1 Å². The Morgan fingerprint density at radius 1 is 1.33 bits per heavy atom. The molecule has 0 aliphatic rings. The third kappa shape index (κ3) is 3.38. The van der Waals surface area contributed by atoms with E-state index >= 15 is 0 Å². The molecule has 2 aromatic rings. The van der Waals surface area contributed by atoms with Gasteiger partial charge in [-0.05, 0) is 30.7 Å². The summed E-state index contributed by atoms with van der Waals surface area (Å²) in [5, 5.41) is 13.5. The molecule has 0 bridgehead atoms. The fourth-order valence-electron chi connectivity index (χ4n) is 1.54. The van der Waals surface area contributed by atoms with E-state index in [1.807, 2.05) is 24.3 Å². The van der Waals surface area contributed by atoms with Gasteiger partial charge in [0.25, 0.3) is 5.89 Å². The summed E-state index contributed by atoms with van der Waals surface area (Å²) in [5.74, 6) is 0.788. The molecular formula is C12H14BrN3O2. The Morgan fingerprint density at radius 2 is 2.06 bits per heavy atom. The van der Waals surface area contributed by atoms with E-state index in [-0.39, 0.29) is 5.89 Å². The first-order valence-corrected chi connectivity index (χ1v) is 6.43. The van der Waals surface area contributed by atoms with Gasteiger partial charge in [-0.1, -0.05) is 33.2 Å². The number of halogens is 1. The Bertz CT molecular complexity index is 498. The number of benzene rings is 1. The molecule has 2 rings (SSSR count). The Hall–Kier alpha value is -1.24. The SMILES string of the molecule is NCCC(O)c1nc(Cc2ccc(Br)cc2)no1. The normalized spacial score (nSPS) is 12.6. The molecule has 6 heteroatoms. The third-order valence-electron chi connectivity index (χ3n) is 2.48. The fraction of sp³-hybridized carbons (Fsp3) is 0.333. The molecule has 96 valence electrons. The molecule has 0 fully saturated rings. The highest BCUT2D eigenvalue weighted by molar-refractivity contribution is 9.10. The monoisotopic (exact) mass is 311 g/mol. The minimum Gasteiger partial charge on any atom is -0.383 e. The molecule has 1 aromatic carbocycles. The summed E-state index contributed by atoms with van der Waals surface area (Å²) >= 11 is 3.38. The van der Waals surface area contributed by atoms with Crippen LogP contribution >= 0.6 is 15.9 Å². The number of rotatable bonds is 5. The van der Waals surface area contributed by atoms with Crippen molar-refractivity contribution in [2.75, 3.05) is 6.54 Å². The second kappa shape index (κ2) is 6.08. The molecule has 3 N–H and O–H groups in total. The second-order valence-electron chi connectivity index (χ2n) is 3.95. The van der Waals surface area contributed by atoms with Crippen molar-refractivity contribution in [2.45, 2.75) is 18.9 Å². The molecule has 1 heterocycles. The van der Waals surface area contributed by atoms with Gasteiger partial charge in [0.1, 0.15) is 6.10 Å². The minimum atomic E-state index is -0.777. The Morgan fingerprint density at radius 3 is 2.72 bits per heavy atom. The lowest BCUT2D eigenvalue weighted by Crippen LogP contribution is -2.07. The Labute approximate surface area is 113 Å². The van der Waals surface area contributed by atoms with Gasteiger partial charge >= 0.3 is 0 Å². The minimum absolute atomic E-state index is 0.229. The summed E-state index contributed by atoms with van der Waals surface area (Å²) in [4.78, 5) is 4.15. The van der Waals surface area contributed by atoms with Crippen LogP contribution in [-0.2, 0) is 6.42 Å². The molecule has 1 atom stereocenters. The highest BCUT2D eigenvalue weighted by Crippen LogP contribution is 2.16. The van der Waals surface area contributed by atoms with Gasteiger partial charge in [0, 0.05) is 10.9 Å². The van der Waals surface area contributed by atoms with Gasteiger partial charge in [0.2, 0.25) is 0 Å². The van der Waals surface area contributed by atoms with Crippen LogP contribution in [0.1, 0.15) is 29.8 Å². The molecule has 0 aliphatic carbocycles. The molecule has 0 saturated heterocycles. The number of hydrogen-bond donors (Lipinski definition) is 2. The smallest absolute Gasteiger partial charge is 0.255 e. The number of aromatic nitrogens is 2. The van der Waals surface area contributed by atoms with Crippen LogP contribution in [0.2, 0.25) is 0 Å². The van der Waals surface area contributed by atoms with E-state index in [1.54, 1.807) is 0 Å². The fourth-order valence-corrected chi connectivity index (χ4v) is 1.81. The first kappa shape index (κ1) is 13.2. The topological polar surface area (TPSA) is 85.2 Å². The predicted octanol–water partition coefficient (Wildman–Crippen LogP) is 1.81. The molecule has 0 aliphatic heterocycles. The van der Waals surface area contributed by atoms with E-state index in [0.29, 0.717) is 25.2 Å². The summed E-state index contributed by atoms with van der Waals surface area (Å²) < 4.78 is 6.03. The maximum absolute atomic E-state index is 9.65. The molecule has 0 saturated carbocycles. The highest BCUT2D eigenvalue weighted by atomic mass is 79.9. The van der Waals surface area contributed by atoms with E-state index in [0.717, 1.165) is 10.0 Å². The summed E-state index contributed by atoms with van der Waals surface area (Å²) in [6.07, 6.45) is 0.215. The summed E-state index contributed by atoms with van der Waals surface area (Å²) in [6.45, 7) is 0.381. The predicted molar refractivity (Wildman–Crippen MR) is 69.9 cm³/mol. The lowest BCUT2D eigenvalue weighted by Gasteiger charge is -2.01. The lowest BCUT2D eigenvalue weighted by molar-refractivity contribution is 0.127. The molecule has 1 unspecified atom stereocenters. The van der Waals surface area contributed by atoms with E-state index in [4.69, 9.17) is 10.3 Å². The van der Waals surface area contributed by atoms with Crippen molar-refractivity contribution >= 4 is 15.9 Å². The van der Waals surface area contributed by atoms with Crippen molar-refractivity contribution in [3.8, 4) is 0 Å². The zero-order chi connectivity index (χ0) is 13.0. The maximum atomic E-state index is 9.65. The molecular weight excluding hydrogens is 298 g/mol. The molecule has 0 amide bonds. The van der Waals surface area contributed by atoms with E-state index in [1.165, 1.54) is 0 Å². The van der Waals surface area contributed by atoms with Crippen LogP contribution in [0.5, 0.6) is 0 Å². The average molecular weight is 312 g/mol. The van der Waals surface area contributed by atoms with Gasteiger partial charge in [-0.25, -0.2) is 0 Å². The van der Waals surface area contributed by atoms with Gasteiger partial charge < -0.3 is 15.4 Å². The number of aliphatic hydroxyl groups is 1. The third-order valence-corrected chi connectivity index (χ3v) is 3.01. The maximum Gasteiger partial charge on any atom is 0.255 e. The Balaban J connectivity index is 2.04. The molecule has 0 spiro atoms. The van der Waals surface area contributed by atoms with Gasteiger partial charge in [-0.15, -0.1) is 0 Å². The van der Waals surface area contributed by atoms with Crippen molar-refractivity contribution in [2.24, 2.45) is 5.73 Å². The van der Waals surface area contributed by atoms with E-state index in [9.17, 15) is 5.11 Å². The lowest BCUT2D eigenvalue weighted by atomic mass is 10.1. The van der Waals surface area contributed by atoms with Crippen molar-refractivity contribution in [3.05, 3.63) is 46.0 Å². The van der Waals surface area contributed by atoms with Crippen LogP contribution < -0.4 is 5.73 Å². The molecule has 5 nitrogen and oxygen atoms in total.